The highest BCUT2D eigenvalue weighted by Crippen LogP contribution is 2.47. The van der Waals surface area contributed by atoms with Gasteiger partial charge in [-0.05, 0) is 24.6 Å². The predicted octanol–water partition coefficient (Wildman–Crippen LogP) is 5.13. The summed E-state index contributed by atoms with van der Waals surface area (Å²) in [6.45, 7) is 0.902. The van der Waals surface area contributed by atoms with Crippen LogP contribution in [-0.2, 0) is 0 Å². The van der Waals surface area contributed by atoms with Crippen LogP contribution in [0.3, 0.4) is 0 Å². The van der Waals surface area contributed by atoms with Crippen LogP contribution in [0.2, 0.25) is 0 Å². The van der Waals surface area contributed by atoms with Gasteiger partial charge in [0.25, 0.3) is 5.91 Å². The lowest BCUT2D eigenvalue weighted by molar-refractivity contribution is -0.0507. The first-order valence-electron chi connectivity index (χ1n) is 11.2. The monoisotopic (exact) mass is 479 g/mol. The molecule has 2 atom stereocenters. The number of alkyl halides is 2. The van der Waals surface area contributed by atoms with E-state index < -0.39 is 24.5 Å². The first kappa shape index (κ1) is 21.6. The lowest BCUT2D eigenvalue weighted by atomic mass is 9.97. The van der Waals surface area contributed by atoms with Crippen LogP contribution in [0, 0.1) is 5.82 Å². The van der Waals surface area contributed by atoms with Gasteiger partial charge in [0.2, 0.25) is 0 Å². The molecule has 10 heteroatoms. The van der Waals surface area contributed by atoms with Crippen molar-refractivity contribution < 1.29 is 22.7 Å². The minimum absolute atomic E-state index is 0.0620. The Morgan fingerprint density at radius 1 is 1.14 bits per heavy atom. The van der Waals surface area contributed by atoms with Crippen molar-refractivity contribution in [3.63, 3.8) is 0 Å². The van der Waals surface area contributed by atoms with E-state index in [0.29, 0.717) is 45.8 Å². The summed E-state index contributed by atoms with van der Waals surface area (Å²) in [5.74, 6) is 0.401. The van der Waals surface area contributed by atoms with Gasteiger partial charge in [-0.25, -0.2) is 19.3 Å². The topological polar surface area (TPSA) is 81.9 Å². The second-order valence-corrected chi connectivity index (χ2v) is 9.02. The quantitative estimate of drug-likeness (QED) is 0.439. The summed E-state index contributed by atoms with van der Waals surface area (Å²) in [4.78, 5) is 26.1. The smallest absolute Gasteiger partial charge is 0.387 e. The SMILES string of the molecule is CC(C)c1ncc(-c2cc3c(cc2F)nc2n3[C@@H]3C[C@H]2NC(=O)c2cccc(OC(F)F)c23)cn1. The largest absolute Gasteiger partial charge is 0.434 e. The number of amides is 1. The third kappa shape index (κ3) is 3.35. The number of hydrogen-bond acceptors (Lipinski definition) is 5. The molecule has 2 aliphatic rings. The fourth-order valence-corrected chi connectivity index (χ4v) is 5.03. The van der Waals surface area contributed by atoms with E-state index >= 15 is 4.39 Å². The Morgan fingerprint density at radius 2 is 1.91 bits per heavy atom. The van der Waals surface area contributed by atoms with Gasteiger partial charge in [-0.3, -0.25) is 4.79 Å². The van der Waals surface area contributed by atoms with Crippen molar-refractivity contribution in [1.82, 2.24) is 24.8 Å². The maximum atomic E-state index is 15.1. The van der Waals surface area contributed by atoms with Gasteiger partial charge in [-0.2, -0.15) is 8.78 Å². The van der Waals surface area contributed by atoms with Gasteiger partial charge in [0.15, 0.2) is 0 Å². The van der Waals surface area contributed by atoms with Crippen molar-refractivity contribution in [1.29, 1.82) is 0 Å². The van der Waals surface area contributed by atoms with Crippen LogP contribution in [0.25, 0.3) is 22.2 Å². The first-order valence-corrected chi connectivity index (χ1v) is 11.2. The Bertz CT molecular complexity index is 1480. The van der Waals surface area contributed by atoms with E-state index in [1.807, 2.05) is 18.4 Å². The molecule has 1 N–H and O–H groups in total. The van der Waals surface area contributed by atoms with E-state index in [4.69, 9.17) is 4.74 Å². The number of carbonyl (C=O) groups excluding carboxylic acids is 1. The van der Waals surface area contributed by atoms with Crippen LogP contribution in [0.1, 0.15) is 65.8 Å². The molecule has 7 nitrogen and oxygen atoms in total. The molecule has 0 saturated heterocycles. The molecule has 2 aromatic heterocycles. The maximum Gasteiger partial charge on any atom is 0.387 e. The highest BCUT2D eigenvalue weighted by molar-refractivity contribution is 5.98. The van der Waals surface area contributed by atoms with E-state index in [0.717, 1.165) is 0 Å². The molecule has 6 rings (SSSR count). The molecule has 178 valence electrons. The minimum Gasteiger partial charge on any atom is -0.434 e. The van der Waals surface area contributed by atoms with E-state index in [1.165, 1.54) is 18.2 Å². The summed E-state index contributed by atoms with van der Waals surface area (Å²) in [7, 11) is 0. The number of nitrogens with zero attached hydrogens (tertiary/aromatic N) is 4. The number of halogens is 3. The summed E-state index contributed by atoms with van der Waals surface area (Å²) >= 11 is 0. The Hall–Kier alpha value is -3.95. The molecular formula is C25H20F3N5O2. The zero-order valence-electron chi connectivity index (χ0n) is 18.8. The number of rotatable bonds is 4. The predicted molar refractivity (Wildman–Crippen MR) is 121 cm³/mol. The summed E-state index contributed by atoms with van der Waals surface area (Å²) in [6.07, 6.45) is 3.59. The molecule has 0 saturated carbocycles. The van der Waals surface area contributed by atoms with E-state index in [1.54, 1.807) is 24.5 Å². The number of carbonyl (C=O) groups is 1. The number of fused-ring (bicyclic) bond motifs is 9. The third-order valence-electron chi connectivity index (χ3n) is 6.55. The Balaban J connectivity index is 1.54. The minimum atomic E-state index is -3.04. The molecule has 0 unspecified atom stereocenters. The molecule has 2 bridgehead atoms. The highest BCUT2D eigenvalue weighted by Gasteiger charge is 2.42. The molecule has 0 aliphatic carbocycles. The van der Waals surface area contributed by atoms with E-state index in [2.05, 4.69) is 20.3 Å². The molecule has 4 aromatic rings. The van der Waals surface area contributed by atoms with Crippen molar-refractivity contribution in [3.05, 3.63) is 71.3 Å². The van der Waals surface area contributed by atoms with Crippen LogP contribution >= 0.6 is 0 Å². The summed E-state index contributed by atoms with van der Waals surface area (Å²) in [6, 6.07) is 6.58. The van der Waals surface area contributed by atoms with Gasteiger partial charge in [-0.1, -0.05) is 19.9 Å². The number of nitrogens with one attached hydrogen (secondary N) is 1. The number of benzene rings is 2. The van der Waals surface area contributed by atoms with Crippen LogP contribution < -0.4 is 10.1 Å². The van der Waals surface area contributed by atoms with Crippen LogP contribution in [-0.4, -0.2) is 32.0 Å². The number of aromatic nitrogens is 4. The average Bonchev–Trinajstić information content (AvgIpc) is 3.29. The van der Waals surface area contributed by atoms with E-state index in [9.17, 15) is 13.6 Å². The molecule has 1 amide bonds. The van der Waals surface area contributed by atoms with E-state index in [-0.39, 0.29) is 23.1 Å². The lowest BCUT2D eigenvalue weighted by Gasteiger charge is -2.21. The van der Waals surface area contributed by atoms with Crippen LogP contribution in [0.4, 0.5) is 13.2 Å². The summed E-state index contributed by atoms with van der Waals surface area (Å²) in [5, 5.41) is 2.92. The zero-order chi connectivity index (χ0) is 24.4. The molecule has 0 fully saturated rings. The molecule has 2 aliphatic heterocycles. The number of imidazole rings is 1. The van der Waals surface area contributed by atoms with Gasteiger partial charge in [-0.15, -0.1) is 0 Å². The average molecular weight is 479 g/mol. The molecular weight excluding hydrogens is 459 g/mol. The summed E-state index contributed by atoms with van der Waals surface area (Å²) < 4.78 is 48.2. The Labute approximate surface area is 198 Å². The zero-order valence-corrected chi connectivity index (χ0v) is 18.8. The van der Waals surface area contributed by atoms with Crippen LogP contribution in [0.5, 0.6) is 5.75 Å². The van der Waals surface area contributed by atoms with Gasteiger partial charge < -0.3 is 14.6 Å². The second kappa shape index (κ2) is 7.79. The maximum absolute atomic E-state index is 15.1. The van der Waals surface area contributed by atoms with Gasteiger partial charge in [0, 0.05) is 46.6 Å². The summed E-state index contributed by atoms with van der Waals surface area (Å²) in [5.41, 5.74) is 2.46. The molecule has 2 aromatic carbocycles. The van der Waals surface area contributed by atoms with Crippen molar-refractivity contribution in [2.75, 3.05) is 0 Å². The fourth-order valence-electron chi connectivity index (χ4n) is 5.03. The van der Waals surface area contributed by atoms with Crippen molar-refractivity contribution in [3.8, 4) is 16.9 Å². The number of hydrogen-bond donors (Lipinski definition) is 1. The fraction of sp³-hybridized carbons (Fsp3) is 0.280. The lowest BCUT2D eigenvalue weighted by Crippen LogP contribution is -2.28. The van der Waals surface area contributed by atoms with Crippen molar-refractivity contribution in [2.24, 2.45) is 0 Å². The van der Waals surface area contributed by atoms with Crippen molar-refractivity contribution in [2.45, 2.75) is 44.9 Å². The first-order chi connectivity index (χ1) is 16.8. The van der Waals surface area contributed by atoms with Crippen LogP contribution in [0.15, 0.2) is 42.7 Å². The second-order valence-electron chi connectivity index (χ2n) is 9.02. The van der Waals surface area contributed by atoms with Gasteiger partial charge in [0.05, 0.1) is 23.1 Å². The Morgan fingerprint density at radius 3 is 2.63 bits per heavy atom. The van der Waals surface area contributed by atoms with Gasteiger partial charge in [0.1, 0.15) is 23.2 Å². The Kier molecular flexibility index (Phi) is 4.80. The molecule has 35 heavy (non-hydrogen) atoms. The molecule has 4 heterocycles. The highest BCUT2D eigenvalue weighted by atomic mass is 19.3. The standard InChI is InChI=1S/C25H20F3N5O2/c1-11(2)22-29-9-12(10-30-22)14-6-18-16(7-15(14)26)31-23-17-8-19(33(18)23)21-13(24(34)32-17)4-3-5-20(21)35-25(27)28/h3-7,9-11,17,19,25H,8H2,1-2H3,(H,32,34)/t17-,19-/m1/s1. The van der Waals surface area contributed by atoms with Crippen molar-refractivity contribution >= 4 is 16.9 Å². The van der Waals surface area contributed by atoms with Gasteiger partial charge >= 0.3 is 6.61 Å². The molecule has 0 spiro atoms. The molecule has 0 radical (unpaired) electrons. The number of ether oxygens (including phenoxy) is 1. The normalized spacial score (nSPS) is 18.5. The third-order valence-corrected chi connectivity index (χ3v) is 6.55.